The molecule has 292 valence electrons. The molecule has 0 aliphatic heterocycles. The molecule has 0 rings (SSSR count). The fourth-order valence-electron chi connectivity index (χ4n) is 5.66. The first kappa shape index (κ1) is 47.8. The Labute approximate surface area is 307 Å². The number of hydrogen-bond donors (Lipinski definition) is 2. The zero-order valence-electron chi connectivity index (χ0n) is 33.5. The van der Waals surface area contributed by atoms with Crippen LogP contribution >= 0.6 is 0 Å². The Morgan fingerprint density at radius 3 is 1.56 bits per heavy atom. The van der Waals surface area contributed by atoms with Crippen LogP contribution in [0.15, 0.2) is 23.3 Å². The van der Waals surface area contributed by atoms with E-state index in [1.165, 1.54) is 11.1 Å². The molecule has 0 aromatic heterocycles. The van der Waals surface area contributed by atoms with Gasteiger partial charge in [-0.15, -0.1) is 0 Å². The van der Waals surface area contributed by atoms with Gasteiger partial charge in [0.2, 0.25) is 0 Å². The predicted molar refractivity (Wildman–Crippen MR) is 208 cm³/mol. The molecule has 3 unspecified atom stereocenters. The van der Waals surface area contributed by atoms with E-state index in [4.69, 9.17) is 14.2 Å². The molecule has 0 aromatic rings. The van der Waals surface area contributed by atoms with Gasteiger partial charge in [0.25, 0.3) is 0 Å². The monoisotopic (exact) mass is 707 g/mol. The number of unbranched alkanes of at least 4 members (excludes halogenated alkanes) is 7. The Kier molecular flexibility index (Phi) is 32.4. The molecule has 0 amide bonds. The second-order valence-corrected chi connectivity index (χ2v) is 14.9. The van der Waals surface area contributed by atoms with E-state index < -0.39 is 0 Å². The first-order valence-electron chi connectivity index (χ1n) is 20.2. The van der Waals surface area contributed by atoms with E-state index in [-0.39, 0.29) is 24.0 Å². The van der Waals surface area contributed by atoms with Crippen molar-refractivity contribution >= 4 is 17.9 Å². The maximum absolute atomic E-state index is 12.4. The number of carbonyl (C=O) groups is 3. The molecule has 50 heavy (non-hydrogen) atoms. The van der Waals surface area contributed by atoms with Crippen molar-refractivity contribution in [1.82, 2.24) is 10.6 Å². The molecule has 0 aliphatic rings. The summed E-state index contributed by atoms with van der Waals surface area (Å²) in [6.45, 7) is 16.3. The molecular formula is C42H78N2O6. The van der Waals surface area contributed by atoms with Gasteiger partial charge in [0.1, 0.15) is 6.10 Å². The first-order chi connectivity index (χ1) is 24.0. The van der Waals surface area contributed by atoms with E-state index in [1.807, 2.05) is 7.05 Å². The maximum atomic E-state index is 12.4. The van der Waals surface area contributed by atoms with Crippen LogP contribution in [0.25, 0.3) is 0 Å². The second kappa shape index (κ2) is 33.9. The maximum Gasteiger partial charge on any atom is 0.306 e. The lowest BCUT2D eigenvalue weighted by molar-refractivity contribution is -0.149. The number of rotatable bonds is 34. The van der Waals surface area contributed by atoms with Crippen molar-refractivity contribution in [2.75, 3.05) is 39.9 Å². The third-order valence-electron chi connectivity index (χ3n) is 9.04. The molecule has 8 heteroatoms. The van der Waals surface area contributed by atoms with Gasteiger partial charge in [-0.1, -0.05) is 69.2 Å². The van der Waals surface area contributed by atoms with Crippen molar-refractivity contribution in [1.29, 1.82) is 0 Å². The highest BCUT2D eigenvalue weighted by molar-refractivity contribution is 5.70. The van der Waals surface area contributed by atoms with Crippen LogP contribution in [0, 0.1) is 11.8 Å². The fraction of sp³-hybridized carbons (Fsp3) is 0.833. The number of ether oxygens (including phenoxy) is 3. The average molecular weight is 707 g/mol. The lowest BCUT2D eigenvalue weighted by atomic mass is 10.0. The van der Waals surface area contributed by atoms with E-state index in [0.29, 0.717) is 50.9 Å². The summed E-state index contributed by atoms with van der Waals surface area (Å²) in [6, 6.07) is 0. The minimum absolute atomic E-state index is 0.0802. The van der Waals surface area contributed by atoms with Crippen molar-refractivity contribution in [3.05, 3.63) is 23.3 Å². The number of allylic oxidation sites excluding steroid dienone is 4. The van der Waals surface area contributed by atoms with Gasteiger partial charge in [-0.2, -0.15) is 0 Å². The van der Waals surface area contributed by atoms with Gasteiger partial charge >= 0.3 is 17.9 Å². The Morgan fingerprint density at radius 2 is 1.04 bits per heavy atom. The van der Waals surface area contributed by atoms with Gasteiger partial charge < -0.3 is 24.8 Å². The zero-order valence-corrected chi connectivity index (χ0v) is 33.5. The summed E-state index contributed by atoms with van der Waals surface area (Å²) >= 11 is 0. The van der Waals surface area contributed by atoms with Crippen molar-refractivity contribution in [3.63, 3.8) is 0 Å². The molecule has 2 N–H and O–H groups in total. The number of carbonyl (C=O) groups excluding carboxylic acids is 3. The molecule has 0 aromatic carbocycles. The van der Waals surface area contributed by atoms with Crippen LogP contribution in [-0.4, -0.2) is 63.9 Å². The summed E-state index contributed by atoms with van der Waals surface area (Å²) in [7, 11) is 1.89. The molecule has 0 spiro atoms. The molecule has 0 saturated carbocycles. The SMILES string of the molecule is CNCCCC(=O)OC(CCCCCCCC(=O)OCCC(C)CCC=C(C)C)CNCCCCCCC(=O)OCCC(C)CCC=C(C)C. The predicted octanol–water partition coefficient (Wildman–Crippen LogP) is 9.80. The smallest absolute Gasteiger partial charge is 0.306 e. The summed E-state index contributed by atoms with van der Waals surface area (Å²) in [5, 5.41) is 6.57. The molecule has 0 bridgehead atoms. The third-order valence-corrected chi connectivity index (χ3v) is 9.04. The van der Waals surface area contributed by atoms with Crippen molar-refractivity contribution in [2.45, 2.75) is 176 Å². The zero-order chi connectivity index (χ0) is 37.2. The Morgan fingerprint density at radius 1 is 0.560 bits per heavy atom. The Balaban J connectivity index is 4.09. The number of esters is 3. The molecule has 8 nitrogen and oxygen atoms in total. The van der Waals surface area contributed by atoms with Crippen LogP contribution < -0.4 is 10.6 Å². The summed E-state index contributed by atoms with van der Waals surface area (Å²) in [6.07, 6.45) is 22.7. The number of nitrogens with one attached hydrogen (secondary N) is 2. The van der Waals surface area contributed by atoms with Gasteiger partial charge in [0.05, 0.1) is 13.2 Å². The summed E-state index contributed by atoms with van der Waals surface area (Å²) in [5.41, 5.74) is 2.71. The van der Waals surface area contributed by atoms with Crippen LogP contribution in [-0.2, 0) is 28.6 Å². The summed E-state index contributed by atoms with van der Waals surface area (Å²) in [5.74, 6) is 0.836. The van der Waals surface area contributed by atoms with Gasteiger partial charge in [-0.25, -0.2) is 0 Å². The lowest BCUT2D eigenvalue weighted by Crippen LogP contribution is -2.32. The highest BCUT2D eigenvalue weighted by Gasteiger charge is 2.14. The summed E-state index contributed by atoms with van der Waals surface area (Å²) < 4.78 is 16.7. The van der Waals surface area contributed by atoms with Gasteiger partial charge in [-0.05, 0) is 137 Å². The van der Waals surface area contributed by atoms with Crippen molar-refractivity contribution in [3.8, 4) is 0 Å². The van der Waals surface area contributed by atoms with Crippen LogP contribution in [0.3, 0.4) is 0 Å². The fourth-order valence-corrected chi connectivity index (χ4v) is 5.66. The molecule has 0 radical (unpaired) electrons. The Bertz CT molecular complexity index is 910. The Hall–Kier alpha value is -2.19. The lowest BCUT2D eigenvalue weighted by Gasteiger charge is -2.19. The van der Waals surface area contributed by atoms with E-state index in [9.17, 15) is 14.4 Å². The van der Waals surface area contributed by atoms with Crippen LogP contribution in [0.2, 0.25) is 0 Å². The topological polar surface area (TPSA) is 103 Å². The van der Waals surface area contributed by atoms with Crippen LogP contribution in [0.1, 0.15) is 170 Å². The largest absolute Gasteiger partial charge is 0.466 e. The van der Waals surface area contributed by atoms with E-state index >= 15 is 0 Å². The minimum atomic E-state index is -0.127. The van der Waals surface area contributed by atoms with Gasteiger partial charge in [0.15, 0.2) is 0 Å². The highest BCUT2D eigenvalue weighted by Crippen LogP contribution is 2.15. The molecule has 0 fully saturated rings. The average Bonchev–Trinajstić information content (AvgIpc) is 3.05. The standard InChI is InChI=1S/C42H78N2O6/c1-35(2)20-17-22-37(5)28-32-48-40(45)25-14-10-8-9-13-24-39(50-42(47)27-19-30-43-7)34-44-31-16-12-11-15-26-41(46)49-33-29-38(6)23-18-21-36(3)4/h20-21,37-39,43-44H,8-19,22-34H2,1-7H3. The van der Waals surface area contributed by atoms with Crippen LogP contribution in [0.4, 0.5) is 0 Å². The quantitative estimate of drug-likeness (QED) is 0.0295. The van der Waals surface area contributed by atoms with Crippen molar-refractivity contribution < 1.29 is 28.6 Å². The molecule has 0 heterocycles. The second-order valence-electron chi connectivity index (χ2n) is 14.9. The van der Waals surface area contributed by atoms with E-state index in [2.05, 4.69) is 64.3 Å². The highest BCUT2D eigenvalue weighted by atomic mass is 16.5. The third kappa shape index (κ3) is 34.3. The number of hydrogen-bond acceptors (Lipinski definition) is 8. The molecule has 0 aliphatic carbocycles. The van der Waals surface area contributed by atoms with Crippen LogP contribution in [0.5, 0.6) is 0 Å². The molecule has 0 saturated heterocycles. The molecular weight excluding hydrogens is 628 g/mol. The van der Waals surface area contributed by atoms with E-state index in [0.717, 1.165) is 122 Å². The van der Waals surface area contributed by atoms with Gasteiger partial charge in [0, 0.05) is 25.8 Å². The normalized spacial score (nSPS) is 12.9. The minimum Gasteiger partial charge on any atom is -0.466 e. The van der Waals surface area contributed by atoms with Crippen molar-refractivity contribution in [2.24, 2.45) is 11.8 Å². The first-order valence-corrected chi connectivity index (χ1v) is 20.2. The van der Waals surface area contributed by atoms with Gasteiger partial charge in [-0.3, -0.25) is 14.4 Å². The summed E-state index contributed by atoms with van der Waals surface area (Å²) in [4.78, 5) is 36.6. The molecule has 3 atom stereocenters. The van der Waals surface area contributed by atoms with E-state index in [1.54, 1.807) is 0 Å².